The Labute approximate surface area is 238 Å². The molecule has 1 heterocycles. The Balaban J connectivity index is 1.33. The minimum atomic E-state index is -0.132. The quantitative estimate of drug-likeness (QED) is 0.128. The minimum Gasteiger partial charge on any atom is -0.462 e. The molecule has 0 unspecified atom stereocenters. The monoisotopic (exact) mass is 647 g/mol. The number of nitrogens with zero attached hydrogens (tertiary/aromatic N) is 2. The molecule has 198 valence electrons. The van der Waals surface area contributed by atoms with E-state index < -0.39 is 0 Å². The predicted molar refractivity (Wildman–Crippen MR) is 156 cm³/mol. The zero-order chi connectivity index (χ0) is 25.8. The van der Waals surface area contributed by atoms with Gasteiger partial charge in [0.1, 0.15) is 6.10 Å². The summed E-state index contributed by atoms with van der Waals surface area (Å²) in [6.45, 7) is 1.53. The van der Waals surface area contributed by atoms with Crippen LogP contribution in [0.1, 0.15) is 50.5 Å². The molecule has 0 radical (unpaired) electrons. The molecule has 1 aliphatic carbocycles. The van der Waals surface area contributed by atoms with Crippen LogP contribution in [0, 0.1) is 0 Å². The molecular formula is C27H36Cl2IN3O3. The van der Waals surface area contributed by atoms with E-state index in [4.69, 9.17) is 27.9 Å². The lowest BCUT2D eigenvalue weighted by molar-refractivity contribution is -0.151. The van der Waals surface area contributed by atoms with Crippen molar-refractivity contribution in [2.75, 3.05) is 34.3 Å². The highest BCUT2D eigenvalue weighted by Gasteiger charge is 2.26. The number of anilines is 1. The van der Waals surface area contributed by atoms with Crippen LogP contribution in [0.25, 0.3) is 0 Å². The van der Waals surface area contributed by atoms with Gasteiger partial charge in [-0.1, -0.05) is 40.8 Å². The number of carbonyl (C=O) groups is 2. The van der Waals surface area contributed by atoms with E-state index in [1.54, 1.807) is 0 Å². The fourth-order valence-corrected chi connectivity index (χ4v) is 5.40. The van der Waals surface area contributed by atoms with E-state index in [2.05, 4.69) is 57.1 Å². The highest BCUT2D eigenvalue weighted by Crippen LogP contribution is 2.23. The average Bonchev–Trinajstić information content (AvgIpc) is 2.90. The Hall–Kier alpha value is -1.45. The highest BCUT2D eigenvalue weighted by atomic mass is 127. The molecular weight excluding hydrogens is 612 g/mol. The number of hydrogen-bond acceptors (Lipinski definition) is 5. The van der Waals surface area contributed by atoms with Gasteiger partial charge in [0.2, 0.25) is 5.91 Å². The zero-order valence-corrected chi connectivity index (χ0v) is 24.3. The maximum absolute atomic E-state index is 12.6. The van der Waals surface area contributed by atoms with Crippen LogP contribution in [0.4, 0.5) is 5.69 Å². The molecule has 1 aliphatic heterocycles. The number of nitrogens with one attached hydrogen (secondary N) is 1. The molecule has 0 aromatic heterocycles. The van der Waals surface area contributed by atoms with E-state index >= 15 is 0 Å². The molecule has 0 spiro atoms. The molecule has 3 rings (SSSR count). The van der Waals surface area contributed by atoms with Gasteiger partial charge in [-0.3, -0.25) is 9.59 Å². The summed E-state index contributed by atoms with van der Waals surface area (Å²) < 4.78 is 6.54. The first kappa shape index (κ1) is 29.1. The van der Waals surface area contributed by atoms with E-state index in [9.17, 15) is 9.59 Å². The molecule has 0 bridgehead atoms. The Morgan fingerprint density at radius 3 is 2.42 bits per heavy atom. The van der Waals surface area contributed by atoms with Crippen LogP contribution in [0.3, 0.4) is 0 Å². The molecule has 36 heavy (non-hydrogen) atoms. The van der Waals surface area contributed by atoms with Crippen molar-refractivity contribution in [3.8, 4) is 0 Å². The molecule has 1 N–H and O–H groups in total. The van der Waals surface area contributed by atoms with Crippen molar-refractivity contribution in [2.24, 2.45) is 0 Å². The standard InChI is InChI=1S/C27H36Cl2IN3O3/c28-14-17-33(18-15-29)24-10-6-21(7-11-24)3-1-5-26(34)36-25-12-8-23(9-13-25)31-27(35)22-4-2-16-32(19-22)20-30/h2,6-7,10-11,16,19,23,25H,1,3-5,8-9,12-15,17-18,20H2,(H,31,35). The summed E-state index contributed by atoms with van der Waals surface area (Å²) in [5, 5.41) is 3.16. The summed E-state index contributed by atoms with van der Waals surface area (Å²) in [6.07, 6.45) is 11.8. The van der Waals surface area contributed by atoms with Gasteiger partial charge in [-0.25, -0.2) is 0 Å². The molecule has 6 nitrogen and oxygen atoms in total. The lowest BCUT2D eigenvalue weighted by Crippen LogP contribution is -2.40. The second-order valence-electron chi connectivity index (χ2n) is 9.20. The largest absolute Gasteiger partial charge is 0.462 e. The van der Waals surface area contributed by atoms with Crippen LogP contribution in [0.2, 0.25) is 0 Å². The van der Waals surface area contributed by atoms with E-state index in [0.717, 1.165) is 67.4 Å². The van der Waals surface area contributed by atoms with Crippen molar-refractivity contribution in [1.82, 2.24) is 10.2 Å². The first-order chi connectivity index (χ1) is 17.5. The maximum atomic E-state index is 12.6. The SMILES string of the molecule is O=C(CCCc1ccc(N(CCCl)CCCl)cc1)OC1CCC(NC(=O)C2=CN(CI)C=CC2)CC1. The molecule has 1 aromatic rings. The summed E-state index contributed by atoms with van der Waals surface area (Å²) in [5.74, 6) is 0.997. The molecule has 0 saturated heterocycles. The van der Waals surface area contributed by atoms with Crippen LogP contribution >= 0.6 is 45.8 Å². The second kappa shape index (κ2) is 15.7. The maximum Gasteiger partial charge on any atom is 0.306 e. The molecule has 2 aliphatic rings. The van der Waals surface area contributed by atoms with Gasteiger partial charge >= 0.3 is 5.97 Å². The second-order valence-corrected chi connectivity index (χ2v) is 10.6. The summed E-state index contributed by atoms with van der Waals surface area (Å²) in [6, 6.07) is 8.52. The van der Waals surface area contributed by atoms with Crippen molar-refractivity contribution in [2.45, 2.75) is 63.5 Å². The predicted octanol–water partition coefficient (Wildman–Crippen LogP) is 5.76. The number of carbonyl (C=O) groups excluding carboxylic acids is 2. The number of ether oxygens (including phenoxy) is 1. The van der Waals surface area contributed by atoms with Gasteiger partial charge in [0, 0.05) is 61.0 Å². The van der Waals surface area contributed by atoms with Gasteiger partial charge in [0.15, 0.2) is 0 Å². The van der Waals surface area contributed by atoms with Gasteiger partial charge < -0.3 is 19.9 Å². The van der Waals surface area contributed by atoms with Crippen LogP contribution in [-0.2, 0) is 20.7 Å². The molecule has 1 aromatic carbocycles. The molecule has 0 atom stereocenters. The third-order valence-electron chi connectivity index (χ3n) is 6.55. The number of benzene rings is 1. The van der Waals surface area contributed by atoms with Gasteiger partial charge in [-0.15, -0.1) is 23.2 Å². The zero-order valence-electron chi connectivity index (χ0n) is 20.6. The Bertz CT molecular complexity index is 896. The topological polar surface area (TPSA) is 61.9 Å². The van der Waals surface area contributed by atoms with Crippen LogP contribution in [-0.4, -0.2) is 58.3 Å². The summed E-state index contributed by atoms with van der Waals surface area (Å²) in [7, 11) is 0. The Kier molecular flexibility index (Phi) is 12.7. The number of halogens is 3. The van der Waals surface area contributed by atoms with Gasteiger partial charge in [-0.2, -0.15) is 0 Å². The normalized spacial score (nSPS) is 19.5. The van der Waals surface area contributed by atoms with Gasteiger partial charge in [0.25, 0.3) is 0 Å². The number of allylic oxidation sites excluding steroid dienone is 1. The first-order valence-corrected chi connectivity index (χ1v) is 15.3. The number of hydrogen-bond donors (Lipinski definition) is 1. The van der Waals surface area contributed by atoms with Crippen molar-refractivity contribution < 1.29 is 14.3 Å². The van der Waals surface area contributed by atoms with Crippen LogP contribution < -0.4 is 10.2 Å². The average molecular weight is 648 g/mol. The minimum absolute atomic E-state index is 0.00785. The van der Waals surface area contributed by atoms with Crippen molar-refractivity contribution in [3.63, 3.8) is 0 Å². The third kappa shape index (κ3) is 9.45. The summed E-state index contributed by atoms with van der Waals surface area (Å²) >= 11 is 14.1. The van der Waals surface area contributed by atoms with Crippen LogP contribution in [0.5, 0.6) is 0 Å². The van der Waals surface area contributed by atoms with Gasteiger partial charge in [-0.05, 0) is 62.6 Å². The van der Waals surface area contributed by atoms with Crippen molar-refractivity contribution in [1.29, 1.82) is 0 Å². The van der Waals surface area contributed by atoms with E-state index in [0.29, 0.717) is 24.6 Å². The Morgan fingerprint density at radius 2 is 1.78 bits per heavy atom. The Morgan fingerprint density at radius 1 is 1.08 bits per heavy atom. The summed E-state index contributed by atoms with van der Waals surface area (Å²) in [5.41, 5.74) is 3.10. The molecule has 9 heteroatoms. The number of esters is 1. The van der Waals surface area contributed by atoms with E-state index in [1.807, 2.05) is 23.4 Å². The number of alkyl halides is 3. The smallest absolute Gasteiger partial charge is 0.306 e. The number of aryl methyl sites for hydroxylation is 1. The fraction of sp³-hybridized carbons (Fsp3) is 0.556. The molecule has 1 saturated carbocycles. The van der Waals surface area contributed by atoms with Crippen molar-refractivity contribution >= 4 is 63.4 Å². The van der Waals surface area contributed by atoms with E-state index in [-0.39, 0.29) is 24.0 Å². The van der Waals surface area contributed by atoms with Crippen molar-refractivity contribution in [3.05, 3.63) is 53.9 Å². The van der Waals surface area contributed by atoms with Gasteiger partial charge in [0.05, 0.1) is 4.55 Å². The van der Waals surface area contributed by atoms with Crippen LogP contribution in [0.15, 0.2) is 48.3 Å². The highest BCUT2D eigenvalue weighted by molar-refractivity contribution is 14.1. The molecule has 1 fully saturated rings. The number of rotatable bonds is 13. The summed E-state index contributed by atoms with van der Waals surface area (Å²) in [4.78, 5) is 29.1. The lowest BCUT2D eigenvalue weighted by Gasteiger charge is -2.29. The molecule has 1 amide bonds. The fourth-order valence-electron chi connectivity index (χ4n) is 4.57. The lowest BCUT2D eigenvalue weighted by atomic mass is 9.92. The third-order valence-corrected chi connectivity index (χ3v) is 7.68. The number of amides is 1. The first-order valence-electron chi connectivity index (χ1n) is 12.7. The van der Waals surface area contributed by atoms with E-state index in [1.165, 1.54) is 5.56 Å².